The number of nitrogens with zero attached hydrogens (tertiary/aromatic N) is 4. The molecular formula is C18H25N5OS. The minimum absolute atomic E-state index is 0.115. The third-order valence-corrected chi connectivity index (χ3v) is 5.29. The Balaban J connectivity index is 1.58. The largest absolute Gasteiger partial charge is 0.381 e. The molecule has 1 N–H and O–H groups in total. The van der Waals surface area contributed by atoms with Gasteiger partial charge in [-0.05, 0) is 49.9 Å². The van der Waals surface area contributed by atoms with Crippen LogP contribution in [0.5, 0.6) is 0 Å². The molecule has 1 amide bonds. The zero-order valence-electron chi connectivity index (χ0n) is 15.0. The normalized spacial score (nSPS) is 17.9. The van der Waals surface area contributed by atoms with E-state index in [2.05, 4.69) is 20.7 Å². The Morgan fingerprint density at radius 3 is 2.80 bits per heavy atom. The summed E-state index contributed by atoms with van der Waals surface area (Å²) in [6.07, 6.45) is 4.88. The van der Waals surface area contributed by atoms with Gasteiger partial charge in [-0.2, -0.15) is 4.37 Å². The van der Waals surface area contributed by atoms with E-state index in [-0.39, 0.29) is 5.91 Å². The van der Waals surface area contributed by atoms with Crippen LogP contribution in [-0.4, -0.2) is 53.4 Å². The number of hydrogen-bond acceptors (Lipinski definition) is 6. The van der Waals surface area contributed by atoms with Gasteiger partial charge in [-0.25, -0.2) is 4.98 Å². The van der Waals surface area contributed by atoms with Crippen molar-refractivity contribution in [2.45, 2.75) is 32.2 Å². The fourth-order valence-electron chi connectivity index (χ4n) is 3.08. The highest BCUT2D eigenvalue weighted by Gasteiger charge is 2.23. The lowest BCUT2D eigenvalue weighted by molar-refractivity contribution is 0.0761. The molecule has 1 saturated heterocycles. The molecule has 1 aliphatic heterocycles. The van der Waals surface area contributed by atoms with Crippen molar-refractivity contribution < 1.29 is 4.79 Å². The van der Waals surface area contributed by atoms with Crippen LogP contribution in [0.2, 0.25) is 0 Å². The van der Waals surface area contributed by atoms with Crippen LogP contribution in [0.3, 0.4) is 0 Å². The second-order valence-electron chi connectivity index (χ2n) is 6.68. The topological polar surface area (TPSA) is 61.4 Å². The Labute approximate surface area is 153 Å². The second kappa shape index (κ2) is 7.82. The number of rotatable bonds is 4. The predicted molar refractivity (Wildman–Crippen MR) is 103 cm³/mol. The van der Waals surface area contributed by atoms with Crippen LogP contribution >= 0.6 is 11.5 Å². The zero-order chi connectivity index (χ0) is 17.8. The summed E-state index contributed by atoms with van der Waals surface area (Å²) in [6.45, 7) is 3.48. The standard InChI is InChI=1S/C18H25N5OS/c1-13-16(12-25-21-13)18(24)23-9-4-5-14(8-10-23)20-15-6-7-17(19-11-15)22(2)3/h6-7,11-12,14,20H,4-5,8-10H2,1-3H3. The number of aryl methyl sites for hydroxylation is 1. The average molecular weight is 359 g/mol. The first-order valence-corrected chi connectivity index (χ1v) is 9.48. The van der Waals surface area contributed by atoms with E-state index in [0.29, 0.717) is 6.04 Å². The summed E-state index contributed by atoms with van der Waals surface area (Å²) < 4.78 is 4.22. The maximum Gasteiger partial charge on any atom is 0.256 e. The molecule has 0 aliphatic carbocycles. The van der Waals surface area contributed by atoms with Gasteiger partial charge in [-0.3, -0.25) is 4.79 Å². The molecule has 1 atom stereocenters. The number of pyridine rings is 1. The smallest absolute Gasteiger partial charge is 0.256 e. The first-order chi connectivity index (χ1) is 12.0. The number of aromatic nitrogens is 2. The molecule has 3 heterocycles. The number of hydrogen-bond donors (Lipinski definition) is 1. The van der Waals surface area contributed by atoms with Crippen molar-refractivity contribution in [3.63, 3.8) is 0 Å². The molecule has 2 aromatic rings. The molecule has 25 heavy (non-hydrogen) atoms. The highest BCUT2D eigenvalue weighted by molar-refractivity contribution is 7.03. The number of amides is 1. The Morgan fingerprint density at radius 2 is 2.16 bits per heavy atom. The van der Waals surface area contributed by atoms with Crippen LogP contribution in [0.25, 0.3) is 0 Å². The Morgan fingerprint density at radius 1 is 1.32 bits per heavy atom. The van der Waals surface area contributed by atoms with Crippen molar-refractivity contribution in [1.82, 2.24) is 14.3 Å². The number of anilines is 2. The van der Waals surface area contributed by atoms with E-state index < -0.39 is 0 Å². The van der Waals surface area contributed by atoms with Crippen LogP contribution in [0, 0.1) is 6.92 Å². The zero-order valence-corrected chi connectivity index (χ0v) is 15.8. The predicted octanol–water partition coefficient (Wildman–Crippen LogP) is 3.02. The van der Waals surface area contributed by atoms with E-state index in [4.69, 9.17) is 0 Å². The van der Waals surface area contributed by atoms with E-state index in [9.17, 15) is 4.79 Å². The molecule has 6 nitrogen and oxygen atoms in total. The number of carbonyl (C=O) groups excluding carboxylic acids is 1. The van der Waals surface area contributed by atoms with Gasteiger partial charge in [-0.1, -0.05) is 0 Å². The molecular weight excluding hydrogens is 334 g/mol. The Bertz CT molecular complexity index is 713. The SMILES string of the molecule is Cc1nscc1C(=O)N1CCCC(Nc2ccc(N(C)C)nc2)CC1. The van der Waals surface area contributed by atoms with Crippen LogP contribution in [-0.2, 0) is 0 Å². The Kier molecular flexibility index (Phi) is 5.53. The minimum Gasteiger partial charge on any atom is -0.381 e. The van der Waals surface area contributed by atoms with E-state index in [1.165, 1.54) is 11.5 Å². The lowest BCUT2D eigenvalue weighted by atomic mass is 10.1. The summed E-state index contributed by atoms with van der Waals surface area (Å²) in [5.74, 6) is 1.06. The fraction of sp³-hybridized carbons (Fsp3) is 0.500. The van der Waals surface area contributed by atoms with E-state index in [0.717, 1.165) is 55.1 Å². The Hall–Kier alpha value is -2.15. The van der Waals surface area contributed by atoms with Crippen LogP contribution in [0.4, 0.5) is 11.5 Å². The van der Waals surface area contributed by atoms with E-state index in [1.807, 2.05) is 48.5 Å². The third kappa shape index (κ3) is 4.28. The molecule has 3 rings (SSSR count). The van der Waals surface area contributed by atoms with Crippen molar-refractivity contribution in [3.05, 3.63) is 35.0 Å². The monoisotopic (exact) mass is 359 g/mol. The molecule has 0 aromatic carbocycles. The summed E-state index contributed by atoms with van der Waals surface area (Å²) in [5.41, 5.74) is 2.62. The van der Waals surface area contributed by atoms with Crippen LogP contribution in [0.15, 0.2) is 23.7 Å². The van der Waals surface area contributed by atoms with Gasteiger partial charge in [0.25, 0.3) is 5.91 Å². The highest BCUT2D eigenvalue weighted by Crippen LogP contribution is 2.20. The molecule has 2 aromatic heterocycles. The lowest BCUT2D eigenvalue weighted by Gasteiger charge is -2.21. The van der Waals surface area contributed by atoms with Crippen molar-refractivity contribution >= 4 is 28.9 Å². The second-order valence-corrected chi connectivity index (χ2v) is 7.31. The number of carbonyl (C=O) groups is 1. The number of likely N-dealkylation sites (tertiary alicyclic amines) is 1. The maximum atomic E-state index is 12.7. The summed E-state index contributed by atoms with van der Waals surface area (Å²) in [7, 11) is 3.97. The average Bonchev–Trinajstić information content (AvgIpc) is 2.89. The lowest BCUT2D eigenvalue weighted by Crippen LogP contribution is -2.32. The molecule has 7 heteroatoms. The molecule has 1 fully saturated rings. The molecule has 0 bridgehead atoms. The molecule has 1 aliphatic rings. The van der Waals surface area contributed by atoms with Crippen molar-refractivity contribution in [2.24, 2.45) is 0 Å². The van der Waals surface area contributed by atoms with Gasteiger partial charge in [0, 0.05) is 38.6 Å². The van der Waals surface area contributed by atoms with E-state index >= 15 is 0 Å². The van der Waals surface area contributed by atoms with Crippen LogP contribution in [0.1, 0.15) is 35.3 Å². The molecule has 1 unspecified atom stereocenters. The van der Waals surface area contributed by atoms with Gasteiger partial charge in [0.2, 0.25) is 0 Å². The molecule has 0 radical (unpaired) electrons. The first kappa shape index (κ1) is 17.7. The van der Waals surface area contributed by atoms with Gasteiger partial charge in [-0.15, -0.1) is 0 Å². The van der Waals surface area contributed by atoms with E-state index in [1.54, 1.807) is 0 Å². The van der Waals surface area contributed by atoms with Crippen molar-refractivity contribution in [1.29, 1.82) is 0 Å². The third-order valence-electron chi connectivity index (χ3n) is 4.57. The summed E-state index contributed by atoms with van der Waals surface area (Å²) in [4.78, 5) is 21.1. The summed E-state index contributed by atoms with van der Waals surface area (Å²) in [6, 6.07) is 4.45. The van der Waals surface area contributed by atoms with Gasteiger partial charge < -0.3 is 15.1 Å². The molecule has 134 valence electrons. The summed E-state index contributed by atoms with van der Waals surface area (Å²) >= 11 is 1.35. The molecule has 0 saturated carbocycles. The fourth-order valence-corrected chi connectivity index (χ4v) is 3.77. The minimum atomic E-state index is 0.115. The van der Waals surface area contributed by atoms with Gasteiger partial charge in [0.15, 0.2) is 0 Å². The molecule has 0 spiro atoms. The highest BCUT2D eigenvalue weighted by atomic mass is 32.1. The number of nitrogens with one attached hydrogen (secondary N) is 1. The summed E-state index contributed by atoms with van der Waals surface area (Å²) in [5, 5.41) is 5.42. The quantitative estimate of drug-likeness (QED) is 0.909. The van der Waals surface area contributed by atoms with Gasteiger partial charge >= 0.3 is 0 Å². The van der Waals surface area contributed by atoms with Crippen molar-refractivity contribution in [2.75, 3.05) is 37.4 Å². The first-order valence-electron chi connectivity index (χ1n) is 8.65. The van der Waals surface area contributed by atoms with Gasteiger partial charge in [0.1, 0.15) is 5.82 Å². The van der Waals surface area contributed by atoms with Gasteiger partial charge in [0.05, 0.1) is 23.1 Å². The maximum absolute atomic E-state index is 12.7. The van der Waals surface area contributed by atoms with Crippen LogP contribution < -0.4 is 10.2 Å². The van der Waals surface area contributed by atoms with Crippen molar-refractivity contribution in [3.8, 4) is 0 Å².